The number of hydrogen-bond donors (Lipinski definition) is 2. The van der Waals surface area contributed by atoms with Crippen LogP contribution in [0.3, 0.4) is 0 Å². The number of nitrogens with one attached hydrogen (secondary N) is 2. The third-order valence-electron chi connectivity index (χ3n) is 4.42. The highest BCUT2D eigenvalue weighted by Gasteiger charge is 2.24. The lowest BCUT2D eigenvalue weighted by atomic mass is 9.90. The Hall–Kier alpha value is -1.28. The Morgan fingerprint density at radius 1 is 1.26 bits per heavy atom. The molecule has 0 saturated heterocycles. The number of fused-ring (bicyclic) bond motifs is 3. The number of aromatic amines is 1. The highest BCUT2D eigenvalue weighted by atomic mass is 14.9. The Labute approximate surface area is 115 Å². The molecule has 1 aliphatic rings. The molecule has 2 nitrogen and oxygen atoms in total. The van der Waals surface area contributed by atoms with Gasteiger partial charge in [-0.2, -0.15) is 0 Å². The zero-order valence-corrected chi connectivity index (χ0v) is 12.3. The normalized spacial score (nSPS) is 18.8. The minimum atomic E-state index is 0.523. The minimum absolute atomic E-state index is 0.523. The topological polar surface area (TPSA) is 27.8 Å². The Morgan fingerprint density at radius 2 is 2.05 bits per heavy atom. The van der Waals surface area contributed by atoms with E-state index in [-0.39, 0.29) is 0 Å². The molecule has 1 unspecified atom stereocenters. The Kier molecular flexibility index (Phi) is 3.36. The van der Waals surface area contributed by atoms with Crippen LogP contribution in [0.15, 0.2) is 12.1 Å². The summed E-state index contributed by atoms with van der Waals surface area (Å²) in [5.41, 5.74) is 7.15. The van der Waals surface area contributed by atoms with E-state index in [9.17, 15) is 0 Å². The van der Waals surface area contributed by atoms with Crippen LogP contribution in [0.25, 0.3) is 10.9 Å². The fraction of sp³-hybridized carbons (Fsp3) is 0.529. The first-order valence-electron chi connectivity index (χ1n) is 7.56. The molecule has 2 heteroatoms. The summed E-state index contributed by atoms with van der Waals surface area (Å²) in [6.45, 7) is 7.78. The van der Waals surface area contributed by atoms with Crippen LogP contribution >= 0.6 is 0 Å². The van der Waals surface area contributed by atoms with Crippen molar-refractivity contribution >= 4 is 10.9 Å². The van der Waals surface area contributed by atoms with Gasteiger partial charge in [-0.3, -0.25) is 0 Å². The summed E-state index contributed by atoms with van der Waals surface area (Å²) in [6, 6.07) is 5.01. The van der Waals surface area contributed by atoms with Crippen molar-refractivity contribution in [3.05, 3.63) is 34.5 Å². The maximum absolute atomic E-state index is 3.72. The molecule has 2 aromatic rings. The van der Waals surface area contributed by atoms with Crippen molar-refractivity contribution in [1.29, 1.82) is 0 Å². The van der Waals surface area contributed by atoms with Gasteiger partial charge in [0.25, 0.3) is 0 Å². The van der Waals surface area contributed by atoms with Gasteiger partial charge in [0, 0.05) is 22.6 Å². The smallest absolute Gasteiger partial charge is 0.0491 e. The van der Waals surface area contributed by atoms with Gasteiger partial charge in [0.05, 0.1) is 0 Å². The molecule has 0 amide bonds. The van der Waals surface area contributed by atoms with Gasteiger partial charge in [-0.1, -0.05) is 19.1 Å². The molecule has 0 aliphatic heterocycles. The summed E-state index contributed by atoms with van der Waals surface area (Å²) in [6.07, 6.45) is 4.99. The molecule has 1 atom stereocenters. The fourth-order valence-corrected chi connectivity index (χ4v) is 3.41. The number of benzene rings is 1. The van der Waals surface area contributed by atoms with Gasteiger partial charge in [-0.15, -0.1) is 0 Å². The van der Waals surface area contributed by atoms with E-state index >= 15 is 0 Å². The molecular weight excluding hydrogens is 232 g/mol. The molecule has 3 rings (SSSR count). The largest absolute Gasteiger partial charge is 0.357 e. The second kappa shape index (κ2) is 5.01. The van der Waals surface area contributed by atoms with E-state index in [0.717, 1.165) is 6.54 Å². The van der Waals surface area contributed by atoms with E-state index in [2.05, 4.69) is 43.2 Å². The molecule has 0 fully saturated rings. The lowest BCUT2D eigenvalue weighted by molar-refractivity contribution is 0.454. The Morgan fingerprint density at radius 3 is 2.84 bits per heavy atom. The van der Waals surface area contributed by atoms with Crippen molar-refractivity contribution in [2.24, 2.45) is 0 Å². The van der Waals surface area contributed by atoms with Crippen molar-refractivity contribution in [2.75, 3.05) is 6.54 Å². The van der Waals surface area contributed by atoms with Crippen molar-refractivity contribution in [3.63, 3.8) is 0 Å². The number of hydrogen-bond acceptors (Lipinski definition) is 1. The maximum Gasteiger partial charge on any atom is 0.0491 e. The summed E-state index contributed by atoms with van der Waals surface area (Å²) < 4.78 is 0. The SMILES string of the molecule is CCCNC1CCCc2c1[nH]c1c(C)ccc(C)c21. The number of aryl methyl sites for hydroxylation is 3. The third kappa shape index (κ3) is 2.08. The van der Waals surface area contributed by atoms with Crippen LogP contribution in [-0.2, 0) is 6.42 Å². The van der Waals surface area contributed by atoms with E-state index in [4.69, 9.17) is 0 Å². The molecular formula is C17H24N2. The number of rotatable bonds is 3. The molecule has 0 bridgehead atoms. The summed E-state index contributed by atoms with van der Waals surface area (Å²) in [7, 11) is 0. The molecule has 1 aromatic heterocycles. The van der Waals surface area contributed by atoms with Crippen LogP contribution in [0.1, 0.15) is 54.6 Å². The average Bonchev–Trinajstić information content (AvgIpc) is 2.82. The van der Waals surface area contributed by atoms with Crippen molar-refractivity contribution < 1.29 is 0 Å². The monoisotopic (exact) mass is 256 g/mol. The Balaban J connectivity index is 2.13. The van der Waals surface area contributed by atoms with Gasteiger partial charge in [0.1, 0.15) is 0 Å². The average molecular weight is 256 g/mol. The summed E-state index contributed by atoms with van der Waals surface area (Å²) >= 11 is 0. The standard InChI is InChI=1S/C17H24N2/c1-4-10-18-14-7-5-6-13-15-11(2)8-9-12(3)16(15)19-17(13)14/h8-9,14,18-19H,4-7,10H2,1-3H3. The molecule has 1 heterocycles. The molecule has 102 valence electrons. The number of aromatic nitrogens is 1. The van der Waals surface area contributed by atoms with E-state index in [1.807, 2.05) is 0 Å². The minimum Gasteiger partial charge on any atom is -0.357 e. The van der Waals surface area contributed by atoms with Crippen LogP contribution in [0.5, 0.6) is 0 Å². The fourth-order valence-electron chi connectivity index (χ4n) is 3.41. The first-order chi connectivity index (χ1) is 9.22. The second-order valence-electron chi connectivity index (χ2n) is 5.87. The lowest BCUT2D eigenvalue weighted by Gasteiger charge is -2.23. The maximum atomic E-state index is 3.72. The predicted molar refractivity (Wildman–Crippen MR) is 81.7 cm³/mol. The van der Waals surface area contributed by atoms with E-state index in [1.165, 1.54) is 53.4 Å². The van der Waals surface area contributed by atoms with Gasteiger partial charge in [-0.25, -0.2) is 0 Å². The van der Waals surface area contributed by atoms with Crippen LogP contribution in [0.2, 0.25) is 0 Å². The van der Waals surface area contributed by atoms with Gasteiger partial charge >= 0.3 is 0 Å². The highest BCUT2D eigenvalue weighted by Crippen LogP contribution is 2.37. The summed E-state index contributed by atoms with van der Waals surface area (Å²) in [5.74, 6) is 0. The summed E-state index contributed by atoms with van der Waals surface area (Å²) in [5, 5.41) is 5.18. The number of H-pyrrole nitrogens is 1. The zero-order valence-electron chi connectivity index (χ0n) is 12.3. The molecule has 19 heavy (non-hydrogen) atoms. The first-order valence-corrected chi connectivity index (χ1v) is 7.56. The third-order valence-corrected chi connectivity index (χ3v) is 4.42. The predicted octanol–water partition coefficient (Wildman–Crippen LogP) is 4.16. The molecule has 0 saturated carbocycles. The molecule has 2 N–H and O–H groups in total. The van der Waals surface area contributed by atoms with Crippen molar-refractivity contribution in [2.45, 2.75) is 52.5 Å². The van der Waals surface area contributed by atoms with Crippen LogP contribution in [-0.4, -0.2) is 11.5 Å². The van der Waals surface area contributed by atoms with Gasteiger partial charge in [0.2, 0.25) is 0 Å². The van der Waals surface area contributed by atoms with Crippen LogP contribution in [0.4, 0.5) is 0 Å². The van der Waals surface area contributed by atoms with Gasteiger partial charge < -0.3 is 10.3 Å². The first kappa shape index (κ1) is 12.7. The highest BCUT2D eigenvalue weighted by molar-refractivity contribution is 5.90. The quantitative estimate of drug-likeness (QED) is 0.848. The van der Waals surface area contributed by atoms with E-state index in [1.54, 1.807) is 5.56 Å². The molecule has 0 radical (unpaired) electrons. The van der Waals surface area contributed by atoms with Crippen LogP contribution in [0, 0.1) is 13.8 Å². The summed E-state index contributed by atoms with van der Waals surface area (Å²) in [4.78, 5) is 3.72. The van der Waals surface area contributed by atoms with Gasteiger partial charge in [0.15, 0.2) is 0 Å². The second-order valence-corrected chi connectivity index (χ2v) is 5.87. The molecule has 1 aromatic carbocycles. The molecule has 1 aliphatic carbocycles. The van der Waals surface area contributed by atoms with Crippen molar-refractivity contribution in [3.8, 4) is 0 Å². The zero-order chi connectivity index (χ0) is 13.4. The Bertz CT molecular complexity index is 595. The lowest BCUT2D eigenvalue weighted by Crippen LogP contribution is -2.25. The van der Waals surface area contributed by atoms with E-state index in [0.29, 0.717) is 6.04 Å². The van der Waals surface area contributed by atoms with Crippen LogP contribution < -0.4 is 5.32 Å². The van der Waals surface area contributed by atoms with Gasteiger partial charge in [-0.05, 0) is 62.8 Å². The van der Waals surface area contributed by atoms with Crippen molar-refractivity contribution in [1.82, 2.24) is 10.3 Å². The molecule has 0 spiro atoms. The van der Waals surface area contributed by atoms with E-state index < -0.39 is 0 Å².